The lowest BCUT2D eigenvalue weighted by Crippen LogP contribution is -2.77. The minimum Gasteiger partial charge on any atom is -0.504 e. The number of aliphatic hydroxyl groups is 1. The fraction of sp³-hybridized carbons (Fsp3) is 0.727. The number of aromatic hydroxyl groups is 1. The van der Waals surface area contributed by atoms with Crippen LogP contribution in [0.15, 0.2) is 12.1 Å². The smallest absolute Gasteiger partial charge is 0.165 e. The number of nitrogens with zero attached hydrogens (tertiary/aromatic N) is 1. The molecule has 5 heteroatoms. The van der Waals surface area contributed by atoms with Crippen LogP contribution in [-0.4, -0.2) is 58.7 Å². The predicted octanol–water partition coefficient (Wildman–Crippen LogP) is 2.36. The third kappa shape index (κ3) is 1.95. The minimum atomic E-state index is -0.801. The summed E-state index contributed by atoms with van der Waals surface area (Å²) in [6.07, 6.45) is 5.73. The van der Waals surface area contributed by atoms with E-state index in [1.165, 1.54) is 18.4 Å². The van der Waals surface area contributed by atoms with Crippen LogP contribution in [0.3, 0.4) is 0 Å². The van der Waals surface area contributed by atoms with Crippen molar-refractivity contribution in [3.63, 3.8) is 0 Å². The maximum atomic E-state index is 12.2. The molecule has 1 aromatic rings. The van der Waals surface area contributed by atoms with E-state index in [1.54, 1.807) is 6.07 Å². The second kappa shape index (κ2) is 5.40. The Balaban J connectivity index is 1.53. The zero-order chi connectivity index (χ0) is 18.4. The highest BCUT2D eigenvalue weighted by Gasteiger charge is 2.73. The van der Waals surface area contributed by atoms with Crippen LogP contribution in [0.25, 0.3) is 0 Å². The molecule has 2 N–H and O–H groups in total. The van der Waals surface area contributed by atoms with Gasteiger partial charge in [0.05, 0.1) is 17.1 Å². The summed E-state index contributed by atoms with van der Waals surface area (Å²) in [5.74, 6) is 1.63. The predicted molar refractivity (Wildman–Crippen MR) is 100 cm³/mol. The normalized spacial score (nSPS) is 41.9. The molecule has 0 radical (unpaired) electrons. The van der Waals surface area contributed by atoms with Crippen LogP contribution in [0.2, 0.25) is 0 Å². The summed E-state index contributed by atoms with van der Waals surface area (Å²) in [4.78, 5) is 2.56. The van der Waals surface area contributed by atoms with Gasteiger partial charge in [0.2, 0.25) is 0 Å². The van der Waals surface area contributed by atoms with Gasteiger partial charge in [-0.15, -0.1) is 0 Å². The van der Waals surface area contributed by atoms with E-state index in [9.17, 15) is 10.2 Å². The van der Waals surface area contributed by atoms with Gasteiger partial charge in [-0.25, -0.2) is 0 Å². The lowest BCUT2D eigenvalue weighted by molar-refractivity contribution is -0.214. The first kappa shape index (κ1) is 16.6. The van der Waals surface area contributed by atoms with E-state index in [0.717, 1.165) is 50.3 Å². The monoisotopic (exact) mass is 371 g/mol. The van der Waals surface area contributed by atoms with Crippen molar-refractivity contribution in [2.75, 3.05) is 19.7 Å². The second-order valence-electron chi connectivity index (χ2n) is 9.32. The van der Waals surface area contributed by atoms with Crippen molar-refractivity contribution >= 4 is 0 Å². The molecular formula is C22H29NO4. The average molecular weight is 371 g/mol. The summed E-state index contributed by atoms with van der Waals surface area (Å²) in [6.45, 7) is 4.78. The molecule has 27 heavy (non-hydrogen) atoms. The van der Waals surface area contributed by atoms with E-state index >= 15 is 0 Å². The van der Waals surface area contributed by atoms with Gasteiger partial charge >= 0.3 is 0 Å². The molecule has 5 atom stereocenters. The number of phenolic OH excluding ortho intramolecular Hbond substituents is 1. The fourth-order valence-electron chi connectivity index (χ4n) is 6.82. The Kier molecular flexibility index (Phi) is 3.33. The minimum absolute atomic E-state index is 0.0244. The number of likely N-dealkylation sites (tertiary alicyclic amines) is 1. The van der Waals surface area contributed by atoms with Crippen LogP contribution in [0.1, 0.15) is 50.2 Å². The molecule has 2 saturated carbocycles. The van der Waals surface area contributed by atoms with E-state index in [-0.39, 0.29) is 24.0 Å². The Morgan fingerprint density at radius 2 is 2.11 bits per heavy atom. The molecular weight excluding hydrogens is 342 g/mol. The van der Waals surface area contributed by atoms with Gasteiger partial charge in [-0.05, 0) is 69.5 Å². The van der Waals surface area contributed by atoms with E-state index < -0.39 is 11.0 Å². The molecule has 2 bridgehead atoms. The molecule has 5 nitrogen and oxygen atoms in total. The van der Waals surface area contributed by atoms with Gasteiger partial charge in [0.1, 0.15) is 6.10 Å². The molecule has 0 unspecified atom stereocenters. The van der Waals surface area contributed by atoms with E-state index in [1.807, 2.05) is 6.92 Å². The Bertz CT molecular complexity index is 793. The number of ether oxygens (including phenoxy) is 2. The lowest BCUT2D eigenvalue weighted by atomic mass is 9.48. The molecule has 2 aliphatic heterocycles. The van der Waals surface area contributed by atoms with Crippen LogP contribution in [0.4, 0.5) is 0 Å². The molecule has 3 fully saturated rings. The van der Waals surface area contributed by atoms with E-state index in [4.69, 9.17) is 9.47 Å². The molecule has 2 heterocycles. The van der Waals surface area contributed by atoms with Crippen molar-refractivity contribution in [2.45, 2.75) is 74.7 Å². The van der Waals surface area contributed by atoms with Crippen molar-refractivity contribution < 1.29 is 19.7 Å². The van der Waals surface area contributed by atoms with Gasteiger partial charge in [-0.2, -0.15) is 0 Å². The number of piperidine rings is 1. The molecule has 0 amide bonds. The zero-order valence-corrected chi connectivity index (χ0v) is 16.0. The summed E-state index contributed by atoms with van der Waals surface area (Å²) in [5, 5.41) is 22.8. The Morgan fingerprint density at radius 1 is 1.26 bits per heavy atom. The van der Waals surface area contributed by atoms with Crippen LogP contribution in [-0.2, 0) is 16.6 Å². The van der Waals surface area contributed by atoms with Crippen molar-refractivity contribution in [1.82, 2.24) is 4.90 Å². The largest absolute Gasteiger partial charge is 0.504 e. The number of hydrogen-bond acceptors (Lipinski definition) is 5. The third-order valence-corrected chi connectivity index (χ3v) is 8.09. The number of hydrogen-bond donors (Lipinski definition) is 2. The Hall–Kier alpha value is -1.30. The molecule has 3 aliphatic carbocycles. The van der Waals surface area contributed by atoms with E-state index in [0.29, 0.717) is 12.4 Å². The maximum absolute atomic E-state index is 12.2. The summed E-state index contributed by atoms with van der Waals surface area (Å²) < 4.78 is 12.5. The topological polar surface area (TPSA) is 62.2 Å². The average Bonchev–Trinajstić information content (AvgIpc) is 3.39. The molecule has 1 aromatic carbocycles. The zero-order valence-electron chi connectivity index (χ0n) is 16.0. The lowest BCUT2D eigenvalue weighted by Gasteiger charge is -2.64. The third-order valence-electron chi connectivity index (χ3n) is 8.09. The number of benzene rings is 1. The molecule has 6 rings (SSSR count). The first-order chi connectivity index (χ1) is 13.1. The quantitative estimate of drug-likeness (QED) is 0.851. The first-order valence-corrected chi connectivity index (χ1v) is 10.7. The van der Waals surface area contributed by atoms with Crippen molar-refractivity contribution in [2.24, 2.45) is 5.92 Å². The van der Waals surface area contributed by atoms with Gasteiger partial charge in [0.15, 0.2) is 11.5 Å². The highest BCUT2D eigenvalue weighted by Crippen LogP contribution is 2.65. The van der Waals surface area contributed by atoms with Gasteiger partial charge in [-0.3, -0.25) is 4.90 Å². The summed E-state index contributed by atoms with van der Waals surface area (Å²) in [7, 11) is 0. The summed E-state index contributed by atoms with van der Waals surface area (Å²) in [6, 6.07) is 3.96. The van der Waals surface area contributed by atoms with Gasteiger partial charge < -0.3 is 19.7 Å². The van der Waals surface area contributed by atoms with Crippen LogP contribution >= 0.6 is 0 Å². The van der Waals surface area contributed by atoms with Gasteiger partial charge in [0, 0.05) is 24.8 Å². The first-order valence-electron chi connectivity index (χ1n) is 10.7. The molecule has 146 valence electrons. The molecule has 1 saturated heterocycles. The van der Waals surface area contributed by atoms with E-state index in [2.05, 4.69) is 11.0 Å². The molecule has 0 aromatic heterocycles. The highest BCUT2D eigenvalue weighted by molar-refractivity contribution is 5.62. The number of rotatable bonds is 4. The van der Waals surface area contributed by atoms with Crippen molar-refractivity contribution in [1.29, 1.82) is 0 Å². The van der Waals surface area contributed by atoms with Crippen LogP contribution < -0.4 is 4.74 Å². The van der Waals surface area contributed by atoms with Crippen LogP contribution in [0.5, 0.6) is 11.5 Å². The highest BCUT2D eigenvalue weighted by atomic mass is 16.6. The molecule has 5 aliphatic rings. The second-order valence-corrected chi connectivity index (χ2v) is 9.32. The summed E-state index contributed by atoms with van der Waals surface area (Å²) in [5.41, 5.74) is 1.08. The SMILES string of the molecule is CCO[C@@H]1CC[C@@]2(O)[C@H]3Cc4ccc(O)c5c4[C@@]2(CCN3CC2CC2)[C@H]1O5. The standard InChI is InChI=1S/C22H29NO4/c1-2-26-16-7-8-22(25)17-11-14-5-6-15(24)19-18(14)21(22,20(16)27-19)9-10-23(17)12-13-3-4-13/h5-6,13,16-17,20,24-25H,2-4,7-12H2,1H3/t16-,17-,20+,21+,22-/m1/s1. The van der Waals surface area contributed by atoms with Crippen LogP contribution in [0, 0.1) is 5.92 Å². The summed E-state index contributed by atoms with van der Waals surface area (Å²) >= 11 is 0. The Morgan fingerprint density at radius 3 is 2.89 bits per heavy atom. The van der Waals surface area contributed by atoms with Crippen molar-refractivity contribution in [3.8, 4) is 11.5 Å². The maximum Gasteiger partial charge on any atom is 0.165 e. The van der Waals surface area contributed by atoms with Crippen molar-refractivity contribution in [3.05, 3.63) is 23.3 Å². The van der Waals surface area contributed by atoms with Gasteiger partial charge in [0.25, 0.3) is 0 Å². The molecule has 1 spiro atoms. The Labute approximate surface area is 160 Å². The fourth-order valence-corrected chi connectivity index (χ4v) is 6.82. The number of phenols is 1. The van der Waals surface area contributed by atoms with Gasteiger partial charge in [-0.1, -0.05) is 6.07 Å².